The van der Waals surface area contributed by atoms with Crippen LogP contribution in [0, 0.1) is 5.82 Å². The van der Waals surface area contributed by atoms with Crippen molar-refractivity contribution in [3.05, 3.63) is 155 Å². The average molecular weight is 664 g/mol. The average Bonchev–Trinajstić information content (AvgIpc) is 3.64. The summed E-state index contributed by atoms with van der Waals surface area (Å²) in [6.07, 6.45) is 2.62. The lowest BCUT2D eigenvalue weighted by Crippen LogP contribution is -2.52. The minimum Gasteiger partial charge on any atom is -0.489 e. The number of imidazole rings is 1. The topological polar surface area (TPSA) is 126 Å². The molecule has 0 saturated carbocycles. The monoisotopic (exact) mass is 663 g/mol. The van der Waals surface area contributed by atoms with Crippen molar-refractivity contribution in [2.24, 2.45) is 0 Å². The molecule has 0 aliphatic rings. The Hall–Kier alpha value is -5.97. The Labute approximate surface area is 284 Å². The van der Waals surface area contributed by atoms with Gasteiger partial charge in [0.1, 0.15) is 30.8 Å². The normalized spacial score (nSPS) is 11.3. The first kappa shape index (κ1) is 34.4. The Morgan fingerprint density at radius 2 is 1.49 bits per heavy atom. The lowest BCUT2D eigenvalue weighted by Gasteiger charge is -2.27. The number of nitrogens with one attached hydrogen (secondary N) is 3. The summed E-state index contributed by atoms with van der Waals surface area (Å²) in [5, 5.41) is 5.47. The summed E-state index contributed by atoms with van der Waals surface area (Å²) >= 11 is 0. The zero-order valence-electron chi connectivity index (χ0n) is 26.9. The van der Waals surface area contributed by atoms with E-state index >= 15 is 0 Å². The fourth-order valence-corrected chi connectivity index (χ4v) is 5.07. The van der Waals surface area contributed by atoms with Gasteiger partial charge in [-0.15, -0.1) is 0 Å². The van der Waals surface area contributed by atoms with Crippen LogP contribution in [-0.2, 0) is 46.9 Å². The quantitative estimate of drug-likeness (QED) is 0.131. The number of rotatable bonds is 16. The molecule has 0 radical (unpaired) electrons. The van der Waals surface area contributed by atoms with Crippen molar-refractivity contribution in [1.82, 2.24) is 25.5 Å². The van der Waals surface area contributed by atoms with Crippen LogP contribution in [0.15, 0.2) is 122 Å². The number of carbonyl (C=O) groups is 3. The molecular formula is C38H38FN5O5. The Morgan fingerprint density at radius 3 is 2.16 bits per heavy atom. The molecule has 11 heteroatoms. The van der Waals surface area contributed by atoms with E-state index < -0.39 is 23.9 Å². The van der Waals surface area contributed by atoms with Crippen LogP contribution >= 0.6 is 0 Å². The zero-order chi connectivity index (χ0) is 34.3. The number of nitrogens with zero attached hydrogens (tertiary/aromatic N) is 2. The molecule has 10 nitrogen and oxygen atoms in total. The predicted molar refractivity (Wildman–Crippen MR) is 182 cm³/mol. The van der Waals surface area contributed by atoms with Crippen LogP contribution < -0.4 is 15.4 Å². The predicted octanol–water partition coefficient (Wildman–Crippen LogP) is 5.35. The van der Waals surface area contributed by atoms with Crippen molar-refractivity contribution in [2.45, 2.75) is 38.6 Å². The van der Waals surface area contributed by atoms with Crippen LogP contribution in [0.4, 0.5) is 9.18 Å². The number of aromatic amines is 1. The van der Waals surface area contributed by atoms with Crippen LogP contribution in [0.2, 0.25) is 0 Å². The summed E-state index contributed by atoms with van der Waals surface area (Å²) in [5.41, 5.74) is 3.65. The summed E-state index contributed by atoms with van der Waals surface area (Å²) in [7, 11) is 0. The Bertz CT molecular complexity index is 1770. The number of carbonyl (C=O) groups excluding carboxylic acids is 3. The number of benzene rings is 4. The number of ether oxygens (including phenoxy) is 2. The standard InChI is InChI=1S/C38H38FN5O5/c39-34-14-8-7-13-31(34)19-20-41-36(45)24-44(23-28-15-17-33(18-16-28)48-25-29-9-3-1-4-10-29)37(46)35(21-32-22-40-27-42-32)43-38(47)49-26-30-11-5-2-6-12-30/h1-18,22,27,35H,19-21,23-26H2,(H,40,42)(H,41,45)(H,43,47)/t35-/m0/s1. The number of hydrogen-bond donors (Lipinski definition) is 3. The van der Waals surface area contributed by atoms with Crippen molar-refractivity contribution in [3.63, 3.8) is 0 Å². The largest absolute Gasteiger partial charge is 0.489 e. The third-order valence-corrected chi connectivity index (χ3v) is 7.65. The Balaban J connectivity index is 1.28. The number of amides is 3. The highest BCUT2D eigenvalue weighted by atomic mass is 19.1. The molecule has 0 bridgehead atoms. The van der Waals surface area contributed by atoms with E-state index in [0.29, 0.717) is 23.6 Å². The minimum atomic E-state index is -1.08. The molecule has 0 spiro atoms. The van der Waals surface area contributed by atoms with Crippen LogP contribution in [-0.4, -0.2) is 51.9 Å². The maximum Gasteiger partial charge on any atom is 0.408 e. The van der Waals surface area contributed by atoms with Crippen molar-refractivity contribution in [2.75, 3.05) is 13.1 Å². The molecule has 4 aromatic carbocycles. The van der Waals surface area contributed by atoms with Gasteiger partial charge in [0, 0.05) is 31.4 Å². The second kappa shape index (κ2) is 17.8. The SMILES string of the molecule is O=C(CN(Cc1ccc(OCc2ccccc2)cc1)C(=O)[C@H](Cc1cnc[nH]1)NC(=O)OCc1ccccc1)NCCc1ccccc1F. The van der Waals surface area contributed by atoms with Crippen LogP contribution in [0.5, 0.6) is 5.75 Å². The lowest BCUT2D eigenvalue weighted by atomic mass is 10.1. The second-order valence-electron chi connectivity index (χ2n) is 11.3. The Morgan fingerprint density at radius 1 is 0.816 bits per heavy atom. The van der Waals surface area contributed by atoms with E-state index in [1.54, 1.807) is 36.5 Å². The molecule has 5 rings (SSSR count). The van der Waals surface area contributed by atoms with Gasteiger partial charge in [-0.1, -0.05) is 91.0 Å². The lowest BCUT2D eigenvalue weighted by molar-refractivity contribution is -0.138. The molecule has 0 aliphatic heterocycles. The van der Waals surface area contributed by atoms with Crippen molar-refractivity contribution < 1.29 is 28.2 Å². The van der Waals surface area contributed by atoms with Gasteiger partial charge in [-0.2, -0.15) is 0 Å². The molecule has 1 heterocycles. The van der Waals surface area contributed by atoms with E-state index in [0.717, 1.165) is 16.7 Å². The van der Waals surface area contributed by atoms with Gasteiger partial charge in [0.2, 0.25) is 11.8 Å². The molecule has 0 saturated heterocycles. The molecule has 0 fully saturated rings. The summed E-state index contributed by atoms with van der Waals surface area (Å²) in [6.45, 7) is 0.363. The number of halogens is 1. The second-order valence-corrected chi connectivity index (χ2v) is 11.3. The summed E-state index contributed by atoms with van der Waals surface area (Å²) in [4.78, 5) is 48.6. The first-order valence-electron chi connectivity index (χ1n) is 15.9. The maximum absolute atomic E-state index is 14.2. The fourth-order valence-electron chi connectivity index (χ4n) is 5.07. The van der Waals surface area contributed by atoms with E-state index in [1.165, 1.54) is 17.3 Å². The van der Waals surface area contributed by atoms with E-state index in [1.807, 2.05) is 72.8 Å². The molecule has 49 heavy (non-hydrogen) atoms. The minimum absolute atomic E-state index is 0.0183. The van der Waals surface area contributed by atoms with E-state index in [4.69, 9.17) is 9.47 Å². The number of hydrogen-bond acceptors (Lipinski definition) is 6. The van der Waals surface area contributed by atoms with E-state index in [-0.39, 0.29) is 44.9 Å². The number of alkyl carbamates (subject to hydrolysis) is 1. The van der Waals surface area contributed by atoms with Gasteiger partial charge >= 0.3 is 6.09 Å². The zero-order valence-corrected chi connectivity index (χ0v) is 26.9. The van der Waals surface area contributed by atoms with Gasteiger partial charge in [0.25, 0.3) is 0 Å². The third kappa shape index (κ3) is 11.1. The fraction of sp³-hybridized carbons (Fsp3) is 0.211. The highest BCUT2D eigenvalue weighted by Crippen LogP contribution is 2.17. The maximum atomic E-state index is 14.2. The summed E-state index contributed by atoms with van der Waals surface area (Å²) in [5.74, 6) is -0.632. The van der Waals surface area contributed by atoms with Gasteiger partial charge in [-0.25, -0.2) is 14.2 Å². The first-order chi connectivity index (χ1) is 23.9. The molecule has 3 N–H and O–H groups in total. The molecule has 252 valence electrons. The molecule has 0 aliphatic carbocycles. The number of aromatic nitrogens is 2. The van der Waals surface area contributed by atoms with Gasteiger partial charge in [0.05, 0.1) is 12.9 Å². The van der Waals surface area contributed by atoms with Crippen molar-refractivity contribution in [3.8, 4) is 5.75 Å². The van der Waals surface area contributed by atoms with E-state index in [2.05, 4.69) is 20.6 Å². The molecule has 1 atom stereocenters. The highest BCUT2D eigenvalue weighted by Gasteiger charge is 2.29. The molecular weight excluding hydrogens is 625 g/mol. The number of H-pyrrole nitrogens is 1. The van der Waals surface area contributed by atoms with Gasteiger partial charge in [-0.05, 0) is 46.9 Å². The van der Waals surface area contributed by atoms with Gasteiger partial charge in [0.15, 0.2) is 0 Å². The smallest absolute Gasteiger partial charge is 0.408 e. The summed E-state index contributed by atoms with van der Waals surface area (Å²) in [6, 6.07) is 31.5. The molecule has 3 amide bonds. The first-order valence-corrected chi connectivity index (χ1v) is 15.9. The van der Waals surface area contributed by atoms with Crippen LogP contribution in [0.1, 0.15) is 27.9 Å². The van der Waals surface area contributed by atoms with Gasteiger partial charge < -0.3 is 30.0 Å². The van der Waals surface area contributed by atoms with Crippen LogP contribution in [0.25, 0.3) is 0 Å². The van der Waals surface area contributed by atoms with Gasteiger partial charge in [-0.3, -0.25) is 9.59 Å². The Kier molecular flexibility index (Phi) is 12.5. The molecule has 5 aromatic rings. The van der Waals surface area contributed by atoms with Crippen molar-refractivity contribution >= 4 is 17.9 Å². The van der Waals surface area contributed by atoms with Crippen LogP contribution in [0.3, 0.4) is 0 Å². The summed E-state index contributed by atoms with van der Waals surface area (Å²) < 4.78 is 25.4. The third-order valence-electron chi connectivity index (χ3n) is 7.65. The molecule has 0 unspecified atom stereocenters. The van der Waals surface area contributed by atoms with E-state index in [9.17, 15) is 18.8 Å². The molecule has 1 aromatic heterocycles. The van der Waals surface area contributed by atoms with Crippen molar-refractivity contribution in [1.29, 1.82) is 0 Å². The highest BCUT2D eigenvalue weighted by molar-refractivity contribution is 5.89.